The zero-order valence-electron chi connectivity index (χ0n) is 20.5. The molecule has 36 heavy (non-hydrogen) atoms. The number of aliphatic hydroxyl groups is 1. The van der Waals surface area contributed by atoms with Crippen LogP contribution in [0, 0.1) is 5.92 Å². The molecule has 0 bridgehead atoms. The van der Waals surface area contributed by atoms with Crippen LogP contribution in [0.4, 0.5) is 0 Å². The molecule has 0 saturated carbocycles. The Kier molecular flexibility index (Phi) is 9.43. The highest BCUT2D eigenvalue weighted by atomic mass is 16.4. The van der Waals surface area contributed by atoms with Crippen LogP contribution in [0.2, 0.25) is 0 Å². The largest absolute Gasteiger partial charge is 0.480 e. The molecular weight excluding hydrogens is 466 g/mol. The molecule has 5 unspecified atom stereocenters. The van der Waals surface area contributed by atoms with Gasteiger partial charge < -0.3 is 36.5 Å². The topological polar surface area (TPSA) is 173 Å². The summed E-state index contributed by atoms with van der Waals surface area (Å²) < 4.78 is 0. The van der Waals surface area contributed by atoms with Crippen molar-refractivity contribution < 1.29 is 29.4 Å². The fourth-order valence-corrected chi connectivity index (χ4v) is 4.31. The first-order valence-corrected chi connectivity index (χ1v) is 12.3. The number of H-pyrrole nitrogens is 1. The molecule has 0 spiro atoms. The standard InChI is InChI=1S/C25H35N5O6/c1-3-14(2)21(25(35)36)30-23(33)19(11-15-12-27-17-8-5-4-7-16(15)17)28-24(34)20(13-31)29-22(32)18-9-6-10-26-18/h4-5,7-8,12,14,18-21,26-27,31H,3,6,9-11,13H2,1-2H3,(H,28,34)(H,29,32)(H,30,33)(H,35,36). The lowest BCUT2D eigenvalue weighted by molar-refractivity contribution is -0.143. The van der Waals surface area contributed by atoms with Crippen molar-refractivity contribution in [1.29, 1.82) is 0 Å². The molecule has 11 heteroatoms. The van der Waals surface area contributed by atoms with Crippen molar-refractivity contribution in [2.75, 3.05) is 13.2 Å². The number of para-hydroxylation sites is 1. The molecule has 3 rings (SSSR count). The Morgan fingerprint density at radius 1 is 1.08 bits per heavy atom. The third-order valence-electron chi connectivity index (χ3n) is 6.70. The Labute approximate surface area is 209 Å². The summed E-state index contributed by atoms with van der Waals surface area (Å²) >= 11 is 0. The molecule has 2 heterocycles. The second-order valence-corrected chi connectivity index (χ2v) is 9.23. The number of amides is 3. The molecule has 1 aliphatic rings. The number of benzene rings is 1. The molecule has 3 amide bonds. The minimum atomic E-state index is -1.26. The van der Waals surface area contributed by atoms with Crippen LogP contribution in [0.25, 0.3) is 10.9 Å². The van der Waals surface area contributed by atoms with Crippen molar-refractivity contribution in [1.82, 2.24) is 26.3 Å². The van der Waals surface area contributed by atoms with E-state index in [2.05, 4.69) is 26.3 Å². The van der Waals surface area contributed by atoms with Gasteiger partial charge in [-0.05, 0) is 36.9 Å². The van der Waals surface area contributed by atoms with Crippen molar-refractivity contribution in [3.8, 4) is 0 Å². The van der Waals surface area contributed by atoms with Crippen molar-refractivity contribution in [2.45, 2.75) is 63.7 Å². The third-order valence-corrected chi connectivity index (χ3v) is 6.70. The molecule has 1 fully saturated rings. The number of carbonyl (C=O) groups is 4. The van der Waals surface area contributed by atoms with E-state index in [9.17, 15) is 29.4 Å². The maximum Gasteiger partial charge on any atom is 0.326 e. The lowest BCUT2D eigenvalue weighted by atomic mass is 9.98. The van der Waals surface area contributed by atoms with E-state index in [4.69, 9.17) is 0 Å². The van der Waals surface area contributed by atoms with Crippen LogP contribution in [-0.2, 0) is 25.6 Å². The van der Waals surface area contributed by atoms with E-state index >= 15 is 0 Å². The van der Waals surface area contributed by atoms with Crippen LogP contribution in [-0.4, -0.2) is 76.2 Å². The predicted octanol–water partition coefficient (Wildman–Crippen LogP) is 0.0398. The number of nitrogens with one attached hydrogen (secondary N) is 5. The quantitative estimate of drug-likeness (QED) is 0.215. The van der Waals surface area contributed by atoms with Crippen LogP contribution in [0.3, 0.4) is 0 Å². The summed E-state index contributed by atoms with van der Waals surface area (Å²) in [4.78, 5) is 53.6. The number of aromatic nitrogens is 1. The molecule has 5 atom stereocenters. The van der Waals surface area contributed by atoms with Crippen LogP contribution < -0.4 is 21.3 Å². The SMILES string of the molecule is CCC(C)C(NC(=O)C(Cc1c[nH]c2ccccc12)NC(=O)C(CO)NC(=O)C1CCCN1)C(=O)O. The van der Waals surface area contributed by atoms with Gasteiger partial charge in [-0.3, -0.25) is 14.4 Å². The lowest BCUT2D eigenvalue weighted by Crippen LogP contribution is -2.59. The minimum absolute atomic E-state index is 0.0741. The molecule has 7 N–H and O–H groups in total. The van der Waals surface area contributed by atoms with Crippen molar-refractivity contribution in [2.24, 2.45) is 5.92 Å². The Morgan fingerprint density at radius 3 is 2.44 bits per heavy atom. The average molecular weight is 502 g/mol. The van der Waals surface area contributed by atoms with Crippen LogP contribution in [0.5, 0.6) is 0 Å². The van der Waals surface area contributed by atoms with E-state index in [-0.39, 0.29) is 12.3 Å². The van der Waals surface area contributed by atoms with E-state index in [0.29, 0.717) is 19.4 Å². The summed E-state index contributed by atoms with van der Waals surface area (Å²) in [6.45, 7) is 3.59. The van der Waals surface area contributed by atoms with Crippen LogP contribution in [0.1, 0.15) is 38.7 Å². The van der Waals surface area contributed by atoms with E-state index in [1.54, 1.807) is 13.1 Å². The van der Waals surface area contributed by atoms with Gasteiger partial charge >= 0.3 is 5.97 Å². The second-order valence-electron chi connectivity index (χ2n) is 9.23. The van der Waals surface area contributed by atoms with E-state index in [1.807, 2.05) is 31.2 Å². The molecule has 1 aromatic heterocycles. The summed E-state index contributed by atoms with van der Waals surface area (Å²) in [5.74, 6) is -3.30. The number of hydrogen-bond acceptors (Lipinski definition) is 6. The van der Waals surface area contributed by atoms with Gasteiger partial charge in [0.2, 0.25) is 17.7 Å². The van der Waals surface area contributed by atoms with Crippen LogP contribution in [0.15, 0.2) is 30.5 Å². The monoisotopic (exact) mass is 501 g/mol. The van der Waals surface area contributed by atoms with E-state index in [0.717, 1.165) is 22.9 Å². The van der Waals surface area contributed by atoms with Gasteiger partial charge in [0, 0.05) is 23.5 Å². The summed E-state index contributed by atoms with van der Waals surface area (Å²) in [7, 11) is 0. The molecule has 2 aromatic rings. The minimum Gasteiger partial charge on any atom is -0.480 e. The smallest absolute Gasteiger partial charge is 0.326 e. The Bertz CT molecular complexity index is 1080. The van der Waals surface area contributed by atoms with Gasteiger partial charge in [0.25, 0.3) is 0 Å². The van der Waals surface area contributed by atoms with Crippen molar-refractivity contribution in [3.63, 3.8) is 0 Å². The number of carbonyl (C=O) groups excluding carboxylic acids is 3. The van der Waals surface area contributed by atoms with E-state index in [1.165, 1.54) is 0 Å². The molecular formula is C25H35N5O6. The number of rotatable bonds is 12. The van der Waals surface area contributed by atoms with Gasteiger partial charge in [-0.15, -0.1) is 0 Å². The Balaban J connectivity index is 1.80. The van der Waals surface area contributed by atoms with Crippen molar-refractivity contribution in [3.05, 3.63) is 36.0 Å². The van der Waals surface area contributed by atoms with Gasteiger partial charge in [-0.2, -0.15) is 0 Å². The molecule has 196 valence electrons. The predicted molar refractivity (Wildman–Crippen MR) is 133 cm³/mol. The normalized spacial score (nSPS) is 18.7. The average Bonchev–Trinajstić information content (AvgIpc) is 3.55. The third kappa shape index (κ3) is 6.61. The van der Waals surface area contributed by atoms with Gasteiger partial charge in [0.05, 0.1) is 12.6 Å². The molecule has 1 saturated heterocycles. The number of carboxylic acids is 1. The highest BCUT2D eigenvalue weighted by molar-refractivity contribution is 5.95. The van der Waals surface area contributed by atoms with Gasteiger partial charge in [0.15, 0.2) is 0 Å². The zero-order chi connectivity index (χ0) is 26.2. The summed E-state index contributed by atoms with van der Waals surface area (Å²) in [5.41, 5.74) is 1.60. The highest BCUT2D eigenvalue weighted by Crippen LogP contribution is 2.19. The molecule has 1 aliphatic heterocycles. The number of aliphatic carboxylic acids is 1. The number of aromatic amines is 1. The molecule has 0 aliphatic carbocycles. The first kappa shape index (κ1) is 27.2. The van der Waals surface area contributed by atoms with Gasteiger partial charge in [-0.25, -0.2) is 4.79 Å². The van der Waals surface area contributed by atoms with Gasteiger partial charge in [0.1, 0.15) is 18.1 Å². The first-order chi connectivity index (χ1) is 17.2. The second kappa shape index (κ2) is 12.5. The maximum absolute atomic E-state index is 13.3. The summed E-state index contributed by atoms with van der Waals surface area (Å²) in [6.07, 6.45) is 3.80. The Hall–Kier alpha value is -3.44. The molecule has 1 aromatic carbocycles. The highest BCUT2D eigenvalue weighted by Gasteiger charge is 2.33. The maximum atomic E-state index is 13.3. The zero-order valence-corrected chi connectivity index (χ0v) is 20.5. The van der Waals surface area contributed by atoms with Crippen LogP contribution >= 0.6 is 0 Å². The Morgan fingerprint density at radius 2 is 1.81 bits per heavy atom. The molecule has 11 nitrogen and oxygen atoms in total. The summed E-state index contributed by atoms with van der Waals surface area (Å²) in [5, 5.41) is 31.0. The number of fused-ring (bicyclic) bond motifs is 1. The lowest BCUT2D eigenvalue weighted by Gasteiger charge is -2.26. The molecule has 0 radical (unpaired) electrons. The number of aliphatic hydroxyl groups excluding tert-OH is 1. The number of hydrogen-bond donors (Lipinski definition) is 7. The summed E-state index contributed by atoms with van der Waals surface area (Å²) in [6, 6.07) is 3.50. The fraction of sp³-hybridized carbons (Fsp3) is 0.520. The fourth-order valence-electron chi connectivity index (χ4n) is 4.31. The van der Waals surface area contributed by atoms with Crippen molar-refractivity contribution >= 4 is 34.6 Å². The first-order valence-electron chi connectivity index (χ1n) is 12.3. The van der Waals surface area contributed by atoms with Gasteiger partial charge in [-0.1, -0.05) is 38.5 Å². The van der Waals surface area contributed by atoms with E-state index < -0.39 is 54.5 Å². The number of carboxylic acid groups (broad SMARTS) is 1.